The third kappa shape index (κ3) is 3.65. The van der Waals surface area contributed by atoms with Crippen molar-refractivity contribution in [1.82, 2.24) is 14.9 Å². The summed E-state index contributed by atoms with van der Waals surface area (Å²) in [7, 11) is 0. The van der Waals surface area contributed by atoms with Crippen LogP contribution in [0.25, 0.3) is 11.1 Å². The number of benzene rings is 1. The standard InChI is InChI=1S/C19H20ClN3O3/c1-11(2)9-23-10-22-18-16(19(23)25)15(12(3)26-18)17(24)21-8-13-4-6-14(20)7-5-13/h4-7,10-11H,8-9H2,1-3H3,(H,21,24). The number of halogens is 1. The van der Waals surface area contributed by atoms with E-state index >= 15 is 0 Å². The molecule has 0 aliphatic heterocycles. The lowest BCUT2D eigenvalue weighted by atomic mass is 10.1. The maximum Gasteiger partial charge on any atom is 0.265 e. The normalized spacial score (nSPS) is 11.3. The quantitative estimate of drug-likeness (QED) is 0.742. The van der Waals surface area contributed by atoms with Gasteiger partial charge >= 0.3 is 0 Å². The van der Waals surface area contributed by atoms with Gasteiger partial charge in [-0.15, -0.1) is 0 Å². The molecule has 1 aromatic carbocycles. The van der Waals surface area contributed by atoms with E-state index in [0.29, 0.717) is 23.9 Å². The molecule has 0 fully saturated rings. The van der Waals surface area contributed by atoms with Gasteiger partial charge in [0, 0.05) is 18.1 Å². The molecular weight excluding hydrogens is 354 g/mol. The van der Waals surface area contributed by atoms with Gasteiger partial charge in [0.25, 0.3) is 11.5 Å². The van der Waals surface area contributed by atoms with Crippen LogP contribution in [0.15, 0.2) is 39.8 Å². The van der Waals surface area contributed by atoms with Crippen LogP contribution in [-0.2, 0) is 13.1 Å². The molecule has 2 aromatic heterocycles. The van der Waals surface area contributed by atoms with Gasteiger partial charge in [0.1, 0.15) is 17.5 Å². The summed E-state index contributed by atoms with van der Waals surface area (Å²) < 4.78 is 7.04. The first-order chi connectivity index (χ1) is 12.4. The molecule has 0 aliphatic rings. The Balaban J connectivity index is 1.92. The van der Waals surface area contributed by atoms with Gasteiger partial charge in [0.15, 0.2) is 0 Å². The molecule has 6 nitrogen and oxygen atoms in total. The number of nitrogens with zero attached hydrogens (tertiary/aromatic N) is 2. The van der Waals surface area contributed by atoms with Crippen LogP contribution in [0.1, 0.15) is 35.5 Å². The van der Waals surface area contributed by atoms with Crippen LogP contribution in [0, 0.1) is 12.8 Å². The van der Waals surface area contributed by atoms with Crippen LogP contribution in [0.2, 0.25) is 5.02 Å². The molecule has 1 N–H and O–H groups in total. The third-order valence-corrected chi connectivity index (χ3v) is 4.26. The minimum atomic E-state index is -0.364. The van der Waals surface area contributed by atoms with E-state index in [0.717, 1.165) is 5.56 Å². The predicted octanol–water partition coefficient (Wildman–Crippen LogP) is 3.54. The SMILES string of the molecule is Cc1oc2ncn(CC(C)C)c(=O)c2c1C(=O)NCc1ccc(Cl)cc1. The zero-order valence-corrected chi connectivity index (χ0v) is 15.6. The molecule has 0 saturated heterocycles. The Hall–Kier alpha value is -2.60. The molecule has 0 saturated carbocycles. The number of carbonyl (C=O) groups is 1. The van der Waals surface area contributed by atoms with Crippen molar-refractivity contribution in [1.29, 1.82) is 0 Å². The van der Waals surface area contributed by atoms with Gasteiger partial charge in [0.2, 0.25) is 5.71 Å². The Morgan fingerprint density at radius 3 is 2.65 bits per heavy atom. The van der Waals surface area contributed by atoms with Gasteiger partial charge in [0.05, 0.1) is 5.56 Å². The monoisotopic (exact) mass is 373 g/mol. The number of hydrogen-bond donors (Lipinski definition) is 1. The highest BCUT2D eigenvalue weighted by atomic mass is 35.5. The molecule has 0 aliphatic carbocycles. The van der Waals surface area contributed by atoms with E-state index in [-0.39, 0.29) is 34.0 Å². The van der Waals surface area contributed by atoms with Gasteiger partial charge in [-0.1, -0.05) is 37.6 Å². The molecule has 2 heterocycles. The number of aryl methyl sites for hydroxylation is 1. The number of hydrogen-bond acceptors (Lipinski definition) is 4. The van der Waals surface area contributed by atoms with Gasteiger partial charge < -0.3 is 9.73 Å². The lowest BCUT2D eigenvalue weighted by Crippen LogP contribution is -2.27. The molecule has 0 bridgehead atoms. The minimum Gasteiger partial charge on any atom is -0.442 e. The van der Waals surface area contributed by atoms with Crippen LogP contribution in [0.3, 0.4) is 0 Å². The van der Waals surface area contributed by atoms with Crippen molar-refractivity contribution in [3.8, 4) is 0 Å². The fourth-order valence-electron chi connectivity index (χ4n) is 2.81. The molecular formula is C19H20ClN3O3. The number of carbonyl (C=O) groups excluding carboxylic acids is 1. The number of aromatic nitrogens is 2. The fraction of sp³-hybridized carbons (Fsp3) is 0.316. The van der Waals surface area contributed by atoms with Crippen molar-refractivity contribution >= 4 is 28.6 Å². The molecule has 0 radical (unpaired) electrons. The van der Waals surface area contributed by atoms with Crippen LogP contribution >= 0.6 is 11.6 Å². The lowest BCUT2D eigenvalue weighted by molar-refractivity contribution is 0.0950. The van der Waals surface area contributed by atoms with Crippen molar-refractivity contribution in [2.75, 3.05) is 0 Å². The third-order valence-electron chi connectivity index (χ3n) is 4.01. The molecule has 136 valence electrons. The van der Waals surface area contributed by atoms with E-state index in [1.54, 1.807) is 19.1 Å². The lowest BCUT2D eigenvalue weighted by Gasteiger charge is -2.08. The van der Waals surface area contributed by atoms with E-state index < -0.39 is 0 Å². The largest absolute Gasteiger partial charge is 0.442 e. The van der Waals surface area contributed by atoms with Crippen LogP contribution in [0.4, 0.5) is 0 Å². The second-order valence-corrected chi connectivity index (χ2v) is 7.05. The Morgan fingerprint density at radius 1 is 1.31 bits per heavy atom. The summed E-state index contributed by atoms with van der Waals surface area (Å²) >= 11 is 5.87. The fourth-order valence-corrected chi connectivity index (χ4v) is 2.93. The molecule has 3 rings (SSSR count). The second kappa shape index (κ2) is 7.33. The zero-order valence-electron chi connectivity index (χ0n) is 14.9. The summed E-state index contributed by atoms with van der Waals surface area (Å²) in [5.74, 6) is 0.292. The Kier molecular flexibility index (Phi) is 5.13. The van der Waals surface area contributed by atoms with E-state index in [1.165, 1.54) is 10.9 Å². The van der Waals surface area contributed by atoms with Crippen LogP contribution in [0.5, 0.6) is 0 Å². The Labute approximate surface area is 155 Å². The van der Waals surface area contributed by atoms with Crippen LogP contribution in [-0.4, -0.2) is 15.5 Å². The first-order valence-corrected chi connectivity index (χ1v) is 8.75. The maximum absolute atomic E-state index is 12.8. The minimum absolute atomic E-state index is 0.184. The summed E-state index contributed by atoms with van der Waals surface area (Å²) in [5, 5.41) is 3.68. The van der Waals surface area contributed by atoms with Crippen molar-refractivity contribution in [3.63, 3.8) is 0 Å². The predicted molar refractivity (Wildman–Crippen MR) is 100 cm³/mol. The molecule has 7 heteroatoms. The second-order valence-electron chi connectivity index (χ2n) is 6.62. The smallest absolute Gasteiger partial charge is 0.265 e. The zero-order chi connectivity index (χ0) is 18.8. The number of fused-ring (bicyclic) bond motifs is 1. The van der Waals surface area contributed by atoms with Crippen molar-refractivity contribution < 1.29 is 9.21 Å². The van der Waals surface area contributed by atoms with E-state index in [1.807, 2.05) is 26.0 Å². The van der Waals surface area contributed by atoms with Crippen molar-refractivity contribution in [2.24, 2.45) is 5.92 Å². The number of nitrogens with one attached hydrogen (secondary N) is 1. The van der Waals surface area contributed by atoms with Gasteiger partial charge in [-0.25, -0.2) is 4.98 Å². The highest BCUT2D eigenvalue weighted by Crippen LogP contribution is 2.21. The summed E-state index contributed by atoms with van der Waals surface area (Å²) in [5.41, 5.74) is 1.06. The van der Waals surface area contributed by atoms with Gasteiger partial charge in [-0.3, -0.25) is 14.2 Å². The summed E-state index contributed by atoms with van der Waals surface area (Å²) in [6.45, 7) is 6.53. The first kappa shape index (κ1) is 18.2. The average Bonchev–Trinajstić information content (AvgIpc) is 2.93. The summed E-state index contributed by atoms with van der Waals surface area (Å²) in [4.78, 5) is 29.7. The molecule has 0 unspecified atom stereocenters. The molecule has 26 heavy (non-hydrogen) atoms. The van der Waals surface area contributed by atoms with E-state index in [9.17, 15) is 9.59 Å². The van der Waals surface area contributed by atoms with Crippen LogP contribution < -0.4 is 10.9 Å². The highest BCUT2D eigenvalue weighted by Gasteiger charge is 2.22. The average molecular weight is 374 g/mol. The number of furan rings is 1. The van der Waals surface area contributed by atoms with Crippen molar-refractivity contribution in [2.45, 2.75) is 33.9 Å². The summed E-state index contributed by atoms with van der Waals surface area (Å²) in [6, 6.07) is 7.19. The topological polar surface area (TPSA) is 77.1 Å². The Morgan fingerprint density at radius 2 is 2.00 bits per heavy atom. The summed E-state index contributed by atoms with van der Waals surface area (Å²) in [6.07, 6.45) is 1.46. The number of rotatable bonds is 5. The molecule has 0 atom stereocenters. The van der Waals surface area contributed by atoms with Crippen molar-refractivity contribution in [3.05, 3.63) is 62.9 Å². The van der Waals surface area contributed by atoms with E-state index in [2.05, 4.69) is 10.3 Å². The maximum atomic E-state index is 12.8. The van der Waals surface area contributed by atoms with Gasteiger partial charge in [-0.05, 0) is 30.5 Å². The molecule has 3 aromatic rings. The molecule has 0 spiro atoms. The highest BCUT2D eigenvalue weighted by molar-refractivity contribution is 6.30. The van der Waals surface area contributed by atoms with Gasteiger partial charge in [-0.2, -0.15) is 0 Å². The van der Waals surface area contributed by atoms with E-state index in [4.69, 9.17) is 16.0 Å². The molecule has 1 amide bonds. The Bertz CT molecular complexity index is 1000. The first-order valence-electron chi connectivity index (χ1n) is 8.38. The number of amides is 1.